The second kappa shape index (κ2) is 14.1. The lowest BCUT2D eigenvalue weighted by atomic mass is 9.91. The van der Waals surface area contributed by atoms with E-state index in [-0.39, 0.29) is 0 Å². The van der Waals surface area contributed by atoms with Crippen molar-refractivity contribution in [3.05, 3.63) is 11.6 Å². The fourth-order valence-electron chi connectivity index (χ4n) is 3.15. The lowest BCUT2D eigenvalue weighted by molar-refractivity contribution is 0.389. The van der Waals surface area contributed by atoms with Crippen molar-refractivity contribution in [2.45, 2.75) is 92.4 Å². The zero-order chi connectivity index (χ0) is 17.7. The Morgan fingerprint density at radius 3 is 1.74 bits per heavy atom. The lowest BCUT2D eigenvalue weighted by Crippen LogP contribution is -2.11. The molecule has 0 aliphatic rings. The molecule has 0 aromatic rings. The highest BCUT2D eigenvalue weighted by Crippen LogP contribution is 2.21. The molecule has 0 aromatic carbocycles. The molecule has 0 spiro atoms. The van der Waals surface area contributed by atoms with Crippen LogP contribution in [0.25, 0.3) is 0 Å². The summed E-state index contributed by atoms with van der Waals surface area (Å²) < 4.78 is 0. The van der Waals surface area contributed by atoms with E-state index in [1.807, 2.05) is 0 Å². The second-order valence-corrected chi connectivity index (χ2v) is 8.67. The third-order valence-corrected chi connectivity index (χ3v) is 4.95. The molecule has 0 unspecified atom stereocenters. The van der Waals surface area contributed by atoms with Gasteiger partial charge in [-0.15, -0.1) is 0 Å². The summed E-state index contributed by atoms with van der Waals surface area (Å²) in [6.45, 7) is 12.9. The normalized spacial score (nSPS) is 15.4. The molecule has 23 heavy (non-hydrogen) atoms. The summed E-state index contributed by atoms with van der Waals surface area (Å²) in [6, 6.07) is 0. The second-order valence-electron chi connectivity index (χ2n) is 8.67. The highest BCUT2D eigenvalue weighted by atomic mass is 15.0. The molecular weight excluding hydrogens is 278 g/mol. The van der Waals surface area contributed by atoms with Crippen molar-refractivity contribution in [2.75, 3.05) is 20.6 Å². The maximum absolute atomic E-state index is 2.45. The Balaban J connectivity index is 3.59. The molecule has 138 valence electrons. The number of likely N-dealkylation sites (N-methyl/N-ethyl adjacent to an activating group) is 1. The molecule has 0 fully saturated rings. The minimum Gasteiger partial charge on any atom is -0.306 e. The molecule has 0 aromatic heterocycles. The van der Waals surface area contributed by atoms with Crippen LogP contribution in [0.1, 0.15) is 92.4 Å². The first-order valence-corrected chi connectivity index (χ1v) is 10.1. The molecule has 0 saturated heterocycles. The van der Waals surface area contributed by atoms with Crippen molar-refractivity contribution < 1.29 is 0 Å². The average molecular weight is 324 g/mol. The van der Waals surface area contributed by atoms with Crippen molar-refractivity contribution in [3.63, 3.8) is 0 Å². The molecule has 2 atom stereocenters. The summed E-state index contributed by atoms with van der Waals surface area (Å²) >= 11 is 0. The molecule has 0 saturated carbocycles. The zero-order valence-electron chi connectivity index (χ0n) is 17.3. The molecule has 0 heterocycles. The molecule has 0 aliphatic carbocycles. The highest BCUT2D eigenvalue weighted by Gasteiger charge is 2.06. The number of allylic oxidation sites excluding steroid dienone is 1. The van der Waals surface area contributed by atoms with Gasteiger partial charge in [0.1, 0.15) is 0 Å². The van der Waals surface area contributed by atoms with E-state index >= 15 is 0 Å². The Labute approximate surface area is 147 Å². The van der Waals surface area contributed by atoms with E-state index in [9.17, 15) is 0 Å². The van der Waals surface area contributed by atoms with Gasteiger partial charge in [-0.3, -0.25) is 0 Å². The van der Waals surface area contributed by atoms with Gasteiger partial charge in [0.25, 0.3) is 0 Å². The van der Waals surface area contributed by atoms with E-state index in [1.165, 1.54) is 57.8 Å². The Morgan fingerprint density at radius 2 is 1.26 bits per heavy atom. The maximum Gasteiger partial charge on any atom is 0.0159 e. The molecule has 1 heteroatoms. The molecule has 0 rings (SSSR count). The van der Waals surface area contributed by atoms with Crippen LogP contribution in [-0.2, 0) is 0 Å². The predicted molar refractivity (Wildman–Crippen MR) is 107 cm³/mol. The Hall–Kier alpha value is -0.300. The van der Waals surface area contributed by atoms with Crippen LogP contribution in [0, 0.1) is 17.8 Å². The monoisotopic (exact) mass is 323 g/mol. The van der Waals surface area contributed by atoms with Gasteiger partial charge in [0.05, 0.1) is 0 Å². The fraction of sp³-hybridized carbons (Fsp3) is 0.909. The molecule has 0 bridgehead atoms. The van der Waals surface area contributed by atoms with Crippen LogP contribution in [0.3, 0.4) is 0 Å². The van der Waals surface area contributed by atoms with Crippen molar-refractivity contribution >= 4 is 0 Å². The van der Waals surface area contributed by atoms with E-state index < -0.39 is 0 Å². The SMILES string of the molecule is C/C(=C\CN(C)C)CCC[C@H](C)CCC[C@H](C)CCCC(C)C. The third kappa shape index (κ3) is 16.3. The minimum absolute atomic E-state index is 0.873. The number of hydrogen-bond donors (Lipinski definition) is 0. The van der Waals surface area contributed by atoms with Gasteiger partial charge in [0.15, 0.2) is 0 Å². The van der Waals surface area contributed by atoms with Crippen molar-refractivity contribution in [3.8, 4) is 0 Å². The third-order valence-electron chi connectivity index (χ3n) is 4.95. The van der Waals surface area contributed by atoms with Crippen LogP contribution in [0.4, 0.5) is 0 Å². The average Bonchev–Trinajstić information content (AvgIpc) is 2.44. The largest absolute Gasteiger partial charge is 0.306 e. The van der Waals surface area contributed by atoms with Crippen molar-refractivity contribution in [1.82, 2.24) is 4.90 Å². The van der Waals surface area contributed by atoms with E-state index in [2.05, 4.69) is 59.7 Å². The molecule has 0 aliphatic heterocycles. The first-order chi connectivity index (χ1) is 10.8. The quantitative estimate of drug-likeness (QED) is 0.313. The van der Waals surface area contributed by atoms with Gasteiger partial charge >= 0.3 is 0 Å². The molecule has 0 amide bonds. The first kappa shape index (κ1) is 22.7. The summed E-state index contributed by atoms with van der Waals surface area (Å²) in [5.41, 5.74) is 1.56. The molecule has 0 N–H and O–H groups in total. The molecule has 1 nitrogen and oxygen atoms in total. The van der Waals surface area contributed by atoms with Crippen LogP contribution in [0.15, 0.2) is 11.6 Å². The number of hydrogen-bond acceptors (Lipinski definition) is 1. The van der Waals surface area contributed by atoms with Crippen molar-refractivity contribution in [1.29, 1.82) is 0 Å². The fourth-order valence-corrected chi connectivity index (χ4v) is 3.15. The van der Waals surface area contributed by atoms with Gasteiger partial charge in [0.2, 0.25) is 0 Å². The van der Waals surface area contributed by atoms with Gasteiger partial charge in [-0.1, -0.05) is 84.3 Å². The summed E-state index contributed by atoms with van der Waals surface area (Å²) in [5, 5.41) is 0. The van der Waals surface area contributed by atoms with Crippen molar-refractivity contribution in [2.24, 2.45) is 17.8 Å². The Bertz CT molecular complexity index is 290. The Morgan fingerprint density at radius 1 is 0.783 bits per heavy atom. The summed E-state index contributed by atoms with van der Waals surface area (Å²) in [5.74, 6) is 2.70. The first-order valence-electron chi connectivity index (χ1n) is 10.1. The summed E-state index contributed by atoms with van der Waals surface area (Å²) in [6.07, 6.45) is 15.0. The van der Waals surface area contributed by atoms with E-state index in [0.29, 0.717) is 0 Å². The summed E-state index contributed by atoms with van der Waals surface area (Å²) in [7, 11) is 4.27. The van der Waals surface area contributed by atoms with Gasteiger partial charge in [-0.25, -0.2) is 0 Å². The van der Waals surface area contributed by atoms with Gasteiger partial charge in [-0.2, -0.15) is 0 Å². The van der Waals surface area contributed by atoms with Crippen LogP contribution >= 0.6 is 0 Å². The Kier molecular flexibility index (Phi) is 13.9. The summed E-state index contributed by atoms with van der Waals surface area (Å²) in [4.78, 5) is 2.23. The van der Waals surface area contributed by atoms with Crippen LogP contribution in [0.2, 0.25) is 0 Å². The number of nitrogens with zero attached hydrogens (tertiary/aromatic N) is 1. The van der Waals surface area contributed by atoms with Crippen LogP contribution in [-0.4, -0.2) is 25.5 Å². The minimum atomic E-state index is 0.873. The van der Waals surface area contributed by atoms with Gasteiger partial charge in [-0.05, 0) is 51.6 Å². The van der Waals surface area contributed by atoms with E-state index in [1.54, 1.807) is 5.57 Å². The van der Waals surface area contributed by atoms with E-state index in [4.69, 9.17) is 0 Å². The standard InChI is InChI=1S/C22H45N/c1-19(2)11-8-12-20(3)13-9-14-21(4)15-10-16-22(5)17-18-23(6)7/h17,19-21H,8-16,18H2,1-7H3/b22-17+/t20-,21-/m1/s1. The van der Waals surface area contributed by atoms with Gasteiger partial charge in [0, 0.05) is 6.54 Å². The molecular formula is C22H45N. The van der Waals surface area contributed by atoms with Gasteiger partial charge < -0.3 is 4.90 Å². The van der Waals surface area contributed by atoms with Crippen LogP contribution < -0.4 is 0 Å². The highest BCUT2D eigenvalue weighted by molar-refractivity contribution is 4.98. The van der Waals surface area contributed by atoms with Crippen LogP contribution in [0.5, 0.6) is 0 Å². The van der Waals surface area contributed by atoms with E-state index in [0.717, 1.165) is 24.3 Å². The zero-order valence-corrected chi connectivity index (χ0v) is 17.3. The lowest BCUT2D eigenvalue weighted by Gasteiger charge is -2.15. The maximum atomic E-state index is 2.45. The molecule has 0 radical (unpaired) electrons. The number of rotatable bonds is 14. The topological polar surface area (TPSA) is 3.24 Å². The predicted octanol–water partition coefficient (Wildman–Crippen LogP) is 6.93. The smallest absolute Gasteiger partial charge is 0.0159 e.